The average molecular weight is 410 g/mol. The van der Waals surface area contributed by atoms with Crippen LogP contribution >= 0.6 is 11.3 Å². The highest BCUT2D eigenvalue weighted by Crippen LogP contribution is 2.35. The van der Waals surface area contributed by atoms with Gasteiger partial charge in [-0.25, -0.2) is 9.97 Å². The zero-order valence-electron chi connectivity index (χ0n) is 16.4. The lowest BCUT2D eigenvalue weighted by Gasteiger charge is -2.03. The summed E-state index contributed by atoms with van der Waals surface area (Å²) >= 11 is 1.72. The van der Waals surface area contributed by atoms with Crippen LogP contribution in [0.4, 0.5) is 0 Å². The van der Waals surface area contributed by atoms with E-state index in [4.69, 9.17) is 0 Å². The van der Waals surface area contributed by atoms with E-state index in [9.17, 15) is 0 Å². The third kappa shape index (κ3) is 3.17. The number of aromatic amines is 2. The molecule has 5 rings (SSSR count). The number of hydrogen-bond acceptors (Lipinski definition) is 4. The fourth-order valence-electron chi connectivity index (χ4n) is 3.67. The van der Waals surface area contributed by atoms with Gasteiger partial charge in [0.1, 0.15) is 12.0 Å². The van der Waals surface area contributed by atoms with Gasteiger partial charge in [0, 0.05) is 45.1 Å². The predicted octanol–water partition coefficient (Wildman–Crippen LogP) is 6.00. The summed E-state index contributed by atoms with van der Waals surface area (Å²) in [5, 5.41) is 10.9. The Morgan fingerprint density at radius 2 is 1.97 bits per heavy atom. The fraction of sp³-hybridized carbons (Fsp3) is 0.0417. The van der Waals surface area contributed by atoms with Crippen molar-refractivity contribution in [3.05, 3.63) is 95.4 Å². The molecule has 4 aromatic heterocycles. The fourth-order valence-corrected chi connectivity index (χ4v) is 4.43. The molecule has 0 aliphatic carbocycles. The quantitative estimate of drug-likeness (QED) is 0.350. The number of aryl methyl sites for hydroxylation is 1. The Morgan fingerprint density at radius 1 is 1.10 bits per heavy atom. The number of benzene rings is 1. The number of allylic oxidation sites excluding steroid dienone is 2. The summed E-state index contributed by atoms with van der Waals surface area (Å²) in [6.07, 6.45) is 9.06. The molecule has 0 saturated heterocycles. The molecule has 0 atom stereocenters. The second-order valence-electron chi connectivity index (χ2n) is 6.97. The molecule has 0 aliphatic heterocycles. The number of nitrogens with zero attached hydrogens (tertiary/aromatic N) is 3. The van der Waals surface area contributed by atoms with Crippen molar-refractivity contribution < 1.29 is 0 Å². The van der Waals surface area contributed by atoms with Crippen molar-refractivity contribution in [3.8, 4) is 22.5 Å². The Morgan fingerprint density at radius 3 is 2.73 bits per heavy atom. The maximum atomic E-state index is 4.60. The molecule has 146 valence electrons. The van der Waals surface area contributed by atoms with Crippen LogP contribution < -0.4 is 0 Å². The predicted molar refractivity (Wildman–Crippen MR) is 123 cm³/mol. The van der Waals surface area contributed by atoms with Crippen LogP contribution in [0.25, 0.3) is 39.0 Å². The van der Waals surface area contributed by atoms with Crippen LogP contribution in [0.1, 0.15) is 16.1 Å². The average Bonchev–Trinajstić information content (AvgIpc) is 3.52. The minimum Gasteiger partial charge on any atom is -0.357 e. The molecule has 2 N–H and O–H groups in total. The summed E-state index contributed by atoms with van der Waals surface area (Å²) in [5.74, 6) is 0. The first-order valence-corrected chi connectivity index (χ1v) is 10.4. The van der Waals surface area contributed by atoms with Crippen LogP contribution in [0.2, 0.25) is 0 Å². The Balaban J connectivity index is 1.62. The summed E-state index contributed by atoms with van der Waals surface area (Å²) in [6.45, 7) is 5.98. The highest BCUT2D eigenvalue weighted by molar-refractivity contribution is 7.11. The van der Waals surface area contributed by atoms with E-state index in [0.717, 1.165) is 50.2 Å². The van der Waals surface area contributed by atoms with Crippen molar-refractivity contribution in [2.75, 3.05) is 0 Å². The molecule has 1 aromatic carbocycles. The molecule has 30 heavy (non-hydrogen) atoms. The number of rotatable bonds is 5. The van der Waals surface area contributed by atoms with Crippen LogP contribution in [-0.4, -0.2) is 25.1 Å². The summed E-state index contributed by atoms with van der Waals surface area (Å²) in [4.78, 5) is 13.0. The normalized spacial score (nSPS) is 11.8. The molecule has 5 nitrogen and oxygen atoms in total. The monoisotopic (exact) mass is 409 g/mol. The van der Waals surface area contributed by atoms with E-state index in [-0.39, 0.29) is 0 Å². The lowest BCUT2D eigenvalue weighted by atomic mass is 10.0. The Bertz CT molecular complexity index is 1360. The molecule has 0 aliphatic rings. The lowest BCUT2D eigenvalue weighted by molar-refractivity contribution is 1.11. The van der Waals surface area contributed by atoms with E-state index in [1.54, 1.807) is 11.3 Å². The van der Waals surface area contributed by atoms with Gasteiger partial charge >= 0.3 is 0 Å². The van der Waals surface area contributed by atoms with Crippen molar-refractivity contribution in [2.24, 2.45) is 0 Å². The van der Waals surface area contributed by atoms with Crippen molar-refractivity contribution in [1.82, 2.24) is 25.1 Å². The molecule has 0 saturated carbocycles. The molecule has 0 unspecified atom stereocenters. The van der Waals surface area contributed by atoms with Crippen molar-refractivity contribution in [3.63, 3.8) is 0 Å². The summed E-state index contributed by atoms with van der Waals surface area (Å²) < 4.78 is 0. The Labute approximate surface area is 177 Å². The number of nitrogens with one attached hydrogen (secondary N) is 2. The van der Waals surface area contributed by atoms with E-state index in [1.807, 2.05) is 24.5 Å². The number of aromatic nitrogens is 5. The standard InChI is InChI=1S/C24H19N5S/c1-3-5-18(23-6-4-9-30-23)19-11-22(27-15(19)2)24-20-10-16(7-8-21(20)28-29-24)17-12-25-14-26-13-17/h3-14,27H,1H2,2H3,(H,28,29)/b18-5+. The third-order valence-corrected chi connectivity index (χ3v) is 5.99. The van der Waals surface area contributed by atoms with E-state index < -0.39 is 0 Å². The lowest BCUT2D eigenvalue weighted by Crippen LogP contribution is -1.85. The van der Waals surface area contributed by atoms with E-state index in [0.29, 0.717) is 0 Å². The zero-order valence-corrected chi connectivity index (χ0v) is 17.2. The van der Waals surface area contributed by atoms with E-state index in [2.05, 4.69) is 80.4 Å². The minimum absolute atomic E-state index is 0.891. The maximum Gasteiger partial charge on any atom is 0.116 e. The highest BCUT2D eigenvalue weighted by Gasteiger charge is 2.16. The first-order valence-electron chi connectivity index (χ1n) is 9.55. The minimum atomic E-state index is 0.891. The Kier molecular flexibility index (Phi) is 4.61. The summed E-state index contributed by atoms with van der Waals surface area (Å²) in [5.41, 5.74) is 8.28. The van der Waals surface area contributed by atoms with Gasteiger partial charge in [0.2, 0.25) is 0 Å². The van der Waals surface area contributed by atoms with Gasteiger partial charge in [0.15, 0.2) is 0 Å². The second-order valence-corrected chi connectivity index (χ2v) is 7.92. The molecular weight excluding hydrogens is 390 g/mol. The highest BCUT2D eigenvalue weighted by atomic mass is 32.1. The molecule has 6 heteroatoms. The molecule has 4 heterocycles. The maximum absolute atomic E-state index is 4.60. The van der Waals surface area contributed by atoms with Crippen molar-refractivity contribution in [2.45, 2.75) is 6.92 Å². The van der Waals surface area contributed by atoms with Gasteiger partial charge < -0.3 is 4.98 Å². The molecule has 0 radical (unpaired) electrons. The number of fused-ring (bicyclic) bond motifs is 1. The molecule has 0 bridgehead atoms. The number of hydrogen-bond donors (Lipinski definition) is 2. The number of H-pyrrole nitrogens is 2. The zero-order chi connectivity index (χ0) is 20.5. The van der Waals surface area contributed by atoms with Crippen LogP contribution in [0, 0.1) is 6.92 Å². The molecular formula is C24H19N5S. The van der Waals surface area contributed by atoms with Gasteiger partial charge in [-0.05, 0) is 42.1 Å². The van der Waals surface area contributed by atoms with Crippen LogP contribution in [-0.2, 0) is 0 Å². The smallest absolute Gasteiger partial charge is 0.116 e. The van der Waals surface area contributed by atoms with Crippen molar-refractivity contribution in [1.29, 1.82) is 0 Å². The Hall–Kier alpha value is -3.77. The topological polar surface area (TPSA) is 70.2 Å². The van der Waals surface area contributed by atoms with Gasteiger partial charge in [-0.1, -0.05) is 30.9 Å². The van der Waals surface area contributed by atoms with Crippen molar-refractivity contribution >= 4 is 27.8 Å². The van der Waals surface area contributed by atoms with Crippen LogP contribution in [0.3, 0.4) is 0 Å². The summed E-state index contributed by atoms with van der Waals surface area (Å²) in [6, 6.07) is 12.6. The molecule has 0 fully saturated rings. The first kappa shape index (κ1) is 18.3. The van der Waals surface area contributed by atoms with Crippen LogP contribution in [0.15, 0.2) is 79.2 Å². The van der Waals surface area contributed by atoms with E-state index in [1.165, 1.54) is 11.2 Å². The summed E-state index contributed by atoms with van der Waals surface area (Å²) in [7, 11) is 0. The SMILES string of the molecule is C=C/C=C(/c1cccs1)c1cc(-c2n[nH]c3ccc(-c4cncnc4)cc23)[nH]c1C. The second kappa shape index (κ2) is 7.57. The van der Waals surface area contributed by atoms with Gasteiger partial charge in [-0.2, -0.15) is 5.10 Å². The molecule has 0 amide bonds. The van der Waals surface area contributed by atoms with Gasteiger partial charge in [0.25, 0.3) is 0 Å². The number of thiophene rings is 1. The largest absolute Gasteiger partial charge is 0.357 e. The van der Waals surface area contributed by atoms with Gasteiger partial charge in [-0.15, -0.1) is 11.3 Å². The molecule has 0 spiro atoms. The molecule has 5 aromatic rings. The van der Waals surface area contributed by atoms with Crippen LogP contribution in [0.5, 0.6) is 0 Å². The first-order chi connectivity index (χ1) is 14.7. The van der Waals surface area contributed by atoms with Gasteiger partial charge in [0.05, 0.1) is 11.2 Å². The third-order valence-electron chi connectivity index (χ3n) is 5.09. The van der Waals surface area contributed by atoms with Gasteiger partial charge in [-0.3, -0.25) is 5.10 Å². The van der Waals surface area contributed by atoms with E-state index >= 15 is 0 Å².